The van der Waals surface area contributed by atoms with Gasteiger partial charge < -0.3 is 15.4 Å². The minimum atomic E-state index is -0.872. The van der Waals surface area contributed by atoms with E-state index in [4.69, 9.17) is 11.0 Å². The summed E-state index contributed by atoms with van der Waals surface area (Å²) < 4.78 is 4.58. The van der Waals surface area contributed by atoms with Crippen molar-refractivity contribution in [3.8, 4) is 6.07 Å². The van der Waals surface area contributed by atoms with Crippen molar-refractivity contribution in [1.82, 2.24) is 0 Å². The van der Waals surface area contributed by atoms with E-state index in [1.165, 1.54) is 6.08 Å². The van der Waals surface area contributed by atoms with Crippen molar-refractivity contribution in [3.63, 3.8) is 0 Å². The van der Waals surface area contributed by atoms with Crippen molar-refractivity contribution in [2.45, 2.75) is 0 Å². The number of hydrogen-bond donors (Lipinski definition) is 1. The summed E-state index contributed by atoms with van der Waals surface area (Å²) in [7, 11) is 3.82. The molecule has 0 aliphatic carbocycles. The minimum absolute atomic E-state index is 0.191. The zero-order chi connectivity index (χ0) is 15.1. The first-order valence-electron chi connectivity index (χ1n) is 5.78. The minimum Gasteiger partial charge on any atom is -0.451 e. The molecule has 0 saturated heterocycles. The van der Waals surface area contributed by atoms with Crippen LogP contribution in [0.2, 0.25) is 0 Å². The molecule has 1 rings (SSSR count). The van der Waals surface area contributed by atoms with Gasteiger partial charge in [-0.1, -0.05) is 12.1 Å². The molecule has 0 unspecified atom stereocenters. The van der Waals surface area contributed by atoms with E-state index in [1.807, 2.05) is 31.1 Å². The highest BCUT2D eigenvalue weighted by atomic mass is 16.5. The van der Waals surface area contributed by atoms with Gasteiger partial charge in [-0.05, 0) is 23.8 Å². The van der Waals surface area contributed by atoms with E-state index in [1.54, 1.807) is 18.2 Å². The normalized spacial score (nSPS) is 10.6. The Labute approximate surface area is 117 Å². The summed E-state index contributed by atoms with van der Waals surface area (Å²) in [6.07, 6.45) is 1.39. The van der Waals surface area contributed by atoms with Crippen molar-refractivity contribution in [2.24, 2.45) is 5.73 Å². The highest BCUT2D eigenvalue weighted by Crippen LogP contribution is 2.14. The van der Waals surface area contributed by atoms with Gasteiger partial charge in [-0.15, -0.1) is 0 Å². The van der Waals surface area contributed by atoms with E-state index in [-0.39, 0.29) is 5.57 Å². The number of anilines is 1. The number of carbonyl (C=O) groups excluding carboxylic acids is 2. The molecule has 0 saturated carbocycles. The summed E-state index contributed by atoms with van der Waals surface area (Å²) >= 11 is 0. The van der Waals surface area contributed by atoms with Crippen LogP contribution in [0, 0.1) is 11.3 Å². The molecule has 0 fully saturated rings. The fourth-order valence-corrected chi connectivity index (χ4v) is 1.39. The third-order valence-electron chi connectivity index (χ3n) is 2.41. The predicted octanol–water partition coefficient (Wildman–Crippen LogP) is 0.688. The van der Waals surface area contributed by atoms with Gasteiger partial charge in [-0.2, -0.15) is 5.26 Å². The molecule has 20 heavy (non-hydrogen) atoms. The maximum Gasteiger partial charge on any atom is 0.349 e. The van der Waals surface area contributed by atoms with Gasteiger partial charge in [0.1, 0.15) is 11.6 Å². The van der Waals surface area contributed by atoms with Crippen LogP contribution < -0.4 is 10.6 Å². The first-order valence-corrected chi connectivity index (χ1v) is 5.78. The van der Waals surface area contributed by atoms with Crippen molar-refractivity contribution in [1.29, 1.82) is 5.26 Å². The lowest BCUT2D eigenvalue weighted by Gasteiger charge is -2.11. The van der Waals surface area contributed by atoms with Crippen LogP contribution >= 0.6 is 0 Å². The van der Waals surface area contributed by atoms with Crippen LogP contribution in [0.1, 0.15) is 5.56 Å². The number of hydrogen-bond acceptors (Lipinski definition) is 5. The molecule has 0 bridgehead atoms. The van der Waals surface area contributed by atoms with Crippen LogP contribution in [0.5, 0.6) is 0 Å². The monoisotopic (exact) mass is 273 g/mol. The summed E-state index contributed by atoms with van der Waals surface area (Å²) in [6.45, 7) is -0.544. The second kappa shape index (κ2) is 6.95. The van der Waals surface area contributed by atoms with Crippen molar-refractivity contribution < 1.29 is 14.3 Å². The molecule has 6 heteroatoms. The smallest absolute Gasteiger partial charge is 0.349 e. The average molecular weight is 273 g/mol. The Bertz CT molecular complexity index is 568. The Kier molecular flexibility index (Phi) is 5.30. The van der Waals surface area contributed by atoms with Crippen LogP contribution in [-0.2, 0) is 14.3 Å². The molecule has 2 N–H and O–H groups in total. The molecule has 1 aromatic rings. The van der Waals surface area contributed by atoms with Gasteiger partial charge in [-0.25, -0.2) is 4.79 Å². The fraction of sp³-hybridized carbons (Fsp3) is 0.214. The van der Waals surface area contributed by atoms with Crippen molar-refractivity contribution >= 4 is 23.6 Å². The van der Waals surface area contributed by atoms with Gasteiger partial charge in [0, 0.05) is 19.8 Å². The molecule has 1 aromatic carbocycles. The van der Waals surface area contributed by atoms with E-state index < -0.39 is 18.5 Å². The molecule has 0 aliphatic heterocycles. The zero-order valence-electron chi connectivity index (χ0n) is 11.3. The summed E-state index contributed by atoms with van der Waals surface area (Å²) in [6, 6.07) is 8.99. The number of primary amides is 1. The molecule has 0 radical (unpaired) electrons. The summed E-state index contributed by atoms with van der Waals surface area (Å²) in [5.41, 5.74) is 6.35. The fourth-order valence-electron chi connectivity index (χ4n) is 1.39. The second-order valence-electron chi connectivity index (χ2n) is 4.20. The maximum absolute atomic E-state index is 11.5. The number of nitrogens with zero attached hydrogens (tertiary/aromatic N) is 2. The van der Waals surface area contributed by atoms with Gasteiger partial charge in [0.15, 0.2) is 6.61 Å². The summed E-state index contributed by atoms with van der Waals surface area (Å²) in [5, 5.41) is 8.92. The number of rotatable bonds is 5. The topological polar surface area (TPSA) is 96.4 Å². The Morgan fingerprint density at radius 3 is 2.40 bits per heavy atom. The summed E-state index contributed by atoms with van der Waals surface area (Å²) in [5.74, 6) is -1.64. The van der Waals surface area contributed by atoms with E-state index in [9.17, 15) is 9.59 Å². The molecular weight excluding hydrogens is 258 g/mol. The van der Waals surface area contributed by atoms with E-state index >= 15 is 0 Å². The summed E-state index contributed by atoms with van der Waals surface area (Å²) in [4.78, 5) is 24.0. The molecule has 104 valence electrons. The third kappa shape index (κ3) is 4.46. The van der Waals surface area contributed by atoms with Crippen LogP contribution in [-0.4, -0.2) is 32.6 Å². The molecule has 0 aliphatic rings. The Morgan fingerprint density at radius 2 is 1.95 bits per heavy atom. The van der Waals surface area contributed by atoms with Gasteiger partial charge in [-0.3, -0.25) is 4.79 Å². The highest BCUT2D eigenvalue weighted by molar-refractivity contribution is 5.98. The third-order valence-corrected chi connectivity index (χ3v) is 2.41. The Morgan fingerprint density at radius 1 is 1.35 bits per heavy atom. The van der Waals surface area contributed by atoms with Crippen LogP contribution in [0.15, 0.2) is 29.8 Å². The quantitative estimate of drug-likeness (QED) is 0.483. The Hall–Kier alpha value is -2.81. The van der Waals surface area contributed by atoms with Gasteiger partial charge >= 0.3 is 5.97 Å². The lowest BCUT2D eigenvalue weighted by molar-refractivity contribution is -0.143. The second-order valence-corrected chi connectivity index (χ2v) is 4.20. The largest absolute Gasteiger partial charge is 0.451 e. The Balaban J connectivity index is 2.86. The number of esters is 1. The van der Waals surface area contributed by atoms with Crippen LogP contribution in [0.3, 0.4) is 0 Å². The lowest BCUT2D eigenvalue weighted by Crippen LogP contribution is -2.21. The molecule has 0 heterocycles. The van der Waals surface area contributed by atoms with Crippen molar-refractivity contribution in [3.05, 3.63) is 35.4 Å². The number of benzene rings is 1. The van der Waals surface area contributed by atoms with Crippen LogP contribution in [0.4, 0.5) is 5.69 Å². The van der Waals surface area contributed by atoms with Crippen LogP contribution in [0.25, 0.3) is 6.08 Å². The lowest BCUT2D eigenvalue weighted by atomic mass is 10.1. The number of ether oxygens (including phenoxy) is 1. The SMILES string of the molecule is CN(C)c1ccc(/C=C(\C#N)C(=O)OCC(N)=O)cc1. The standard InChI is InChI=1S/C14H15N3O3/c1-17(2)12-5-3-10(4-6-12)7-11(8-15)14(19)20-9-13(16)18/h3-7H,9H2,1-2H3,(H2,16,18)/b11-7+. The zero-order valence-corrected chi connectivity index (χ0v) is 11.3. The molecule has 6 nitrogen and oxygen atoms in total. The van der Waals surface area contributed by atoms with Crippen molar-refractivity contribution in [2.75, 3.05) is 25.6 Å². The van der Waals surface area contributed by atoms with Gasteiger partial charge in [0.25, 0.3) is 5.91 Å². The molecule has 0 aromatic heterocycles. The number of amides is 1. The van der Waals surface area contributed by atoms with E-state index in [0.717, 1.165) is 5.69 Å². The molecule has 1 amide bonds. The van der Waals surface area contributed by atoms with E-state index in [2.05, 4.69) is 4.74 Å². The molecular formula is C14H15N3O3. The molecule has 0 atom stereocenters. The number of nitrogens with two attached hydrogens (primary N) is 1. The average Bonchev–Trinajstić information content (AvgIpc) is 2.42. The number of nitriles is 1. The number of carbonyl (C=O) groups is 2. The highest BCUT2D eigenvalue weighted by Gasteiger charge is 2.11. The first kappa shape index (κ1) is 15.2. The predicted molar refractivity (Wildman–Crippen MR) is 74.5 cm³/mol. The van der Waals surface area contributed by atoms with Gasteiger partial charge in [0.05, 0.1) is 0 Å². The molecule has 0 spiro atoms. The van der Waals surface area contributed by atoms with E-state index in [0.29, 0.717) is 5.56 Å². The van der Waals surface area contributed by atoms with Gasteiger partial charge in [0.2, 0.25) is 0 Å². The maximum atomic E-state index is 11.5. The first-order chi connectivity index (χ1) is 9.43.